The SMILES string of the molecule is CC(=CC(=O)O)CN(C)CC1CCN(C)CC1. The highest BCUT2D eigenvalue weighted by Gasteiger charge is 2.18. The van der Waals surface area contributed by atoms with Gasteiger partial charge in [0, 0.05) is 19.2 Å². The lowest BCUT2D eigenvalue weighted by Crippen LogP contribution is -2.36. The standard InChI is InChI=1S/C13H24N2O2/c1-11(8-13(16)17)9-15(3)10-12-4-6-14(2)7-5-12/h8,12H,4-7,9-10H2,1-3H3,(H,16,17). The highest BCUT2D eigenvalue weighted by atomic mass is 16.4. The first kappa shape index (κ1) is 14.2. The van der Waals surface area contributed by atoms with Crippen molar-refractivity contribution in [3.8, 4) is 0 Å². The number of carbonyl (C=O) groups is 1. The number of likely N-dealkylation sites (N-methyl/N-ethyl adjacent to an activating group) is 1. The van der Waals surface area contributed by atoms with E-state index in [9.17, 15) is 4.79 Å². The molecule has 0 unspecified atom stereocenters. The molecular formula is C13H24N2O2. The average Bonchev–Trinajstić information content (AvgIpc) is 2.19. The van der Waals surface area contributed by atoms with Crippen LogP contribution in [0.3, 0.4) is 0 Å². The highest BCUT2D eigenvalue weighted by Crippen LogP contribution is 2.17. The average molecular weight is 240 g/mol. The molecule has 98 valence electrons. The maximum atomic E-state index is 10.5. The van der Waals surface area contributed by atoms with E-state index in [1.807, 2.05) is 6.92 Å². The molecule has 1 N–H and O–H groups in total. The Bertz CT molecular complexity index is 281. The monoisotopic (exact) mass is 240 g/mol. The van der Waals surface area contributed by atoms with E-state index in [0.717, 1.165) is 24.6 Å². The number of hydrogen-bond donors (Lipinski definition) is 1. The van der Waals surface area contributed by atoms with Gasteiger partial charge in [-0.3, -0.25) is 0 Å². The number of aliphatic carboxylic acids is 1. The summed E-state index contributed by atoms with van der Waals surface area (Å²) in [6.07, 6.45) is 3.80. The van der Waals surface area contributed by atoms with Crippen LogP contribution >= 0.6 is 0 Å². The molecule has 4 nitrogen and oxygen atoms in total. The molecule has 4 heteroatoms. The number of carboxylic acid groups (broad SMARTS) is 1. The summed E-state index contributed by atoms with van der Waals surface area (Å²) in [6.45, 7) is 6.06. The molecule has 0 bridgehead atoms. The van der Waals surface area contributed by atoms with Crippen molar-refractivity contribution in [2.75, 3.05) is 40.3 Å². The third-order valence-corrected chi connectivity index (χ3v) is 3.30. The zero-order valence-corrected chi connectivity index (χ0v) is 11.1. The smallest absolute Gasteiger partial charge is 0.328 e. The molecule has 0 aromatic heterocycles. The van der Waals surface area contributed by atoms with Crippen LogP contribution in [-0.4, -0.2) is 61.2 Å². The van der Waals surface area contributed by atoms with Crippen LogP contribution in [0, 0.1) is 5.92 Å². The van der Waals surface area contributed by atoms with E-state index in [1.54, 1.807) is 0 Å². The van der Waals surface area contributed by atoms with Crippen molar-refractivity contribution in [1.29, 1.82) is 0 Å². The van der Waals surface area contributed by atoms with Gasteiger partial charge in [0.1, 0.15) is 0 Å². The van der Waals surface area contributed by atoms with Gasteiger partial charge in [-0.15, -0.1) is 0 Å². The summed E-state index contributed by atoms with van der Waals surface area (Å²) in [5.41, 5.74) is 0.910. The lowest BCUT2D eigenvalue weighted by molar-refractivity contribution is -0.131. The van der Waals surface area contributed by atoms with E-state index in [1.165, 1.54) is 32.0 Å². The topological polar surface area (TPSA) is 43.8 Å². The third kappa shape index (κ3) is 5.84. The number of carboxylic acids is 1. The van der Waals surface area contributed by atoms with Crippen LogP contribution in [0.25, 0.3) is 0 Å². The number of rotatable bonds is 5. The van der Waals surface area contributed by atoms with Crippen LogP contribution in [-0.2, 0) is 4.79 Å². The van der Waals surface area contributed by atoms with Gasteiger partial charge in [-0.2, -0.15) is 0 Å². The quantitative estimate of drug-likeness (QED) is 0.735. The Morgan fingerprint density at radius 1 is 1.47 bits per heavy atom. The van der Waals surface area contributed by atoms with Crippen molar-refractivity contribution in [3.05, 3.63) is 11.6 Å². The molecule has 0 amide bonds. The van der Waals surface area contributed by atoms with E-state index >= 15 is 0 Å². The van der Waals surface area contributed by atoms with Crippen LogP contribution in [0.5, 0.6) is 0 Å². The molecule has 0 aromatic carbocycles. The van der Waals surface area contributed by atoms with E-state index in [0.29, 0.717) is 0 Å². The van der Waals surface area contributed by atoms with Gasteiger partial charge in [0.25, 0.3) is 0 Å². The maximum absolute atomic E-state index is 10.5. The van der Waals surface area contributed by atoms with Gasteiger partial charge < -0.3 is 14.9 Å². The Labute approximate surface area is 104 Å². The lowest BCUT2D eigenvalue weighted by atomic mass is 9.96. The van der Waals surface area contributed by atoms with Crippen LogP contribution in [0.2, 0.25) is 0 Å². The van der Waals surface area contributed by atoms with Gasteiger partial charge in [-0.25, -0.2) is 4.79 Å². The van der Waals surface area contributed by atoms with Gasteiger partial charge in [0.05, 0.1) is 0 Å². The third-order valence-electron chi connectivity index (χ3n) is 3.30. The van der Waals surface area contributed by atoms with Crippen molar-refractivity contribution < 1.29 is 9.90 Å². The van der Waals surface area contributed by atoms with Crippen molar-refractivity contribution >= 4 is 5.97 Å². The van der Waals surface area contributed by atoms with E-state index in [2.05, 4.69) is 23.9 Å². The Morgan fingerprint density at radius 2 is 2.06 bits per heavy atom. The van der Waals surface area contributed by atoms with Gasteiger partial charge in [-0.1, -0.05) is 5.57 Å². The van der Waals surface area contributed by atoms with Gasteiger partial charge >= 0.3 is 5.97 Å². The van der Waals surface area contributed by atoms with Gasteiger partial charge in [0.2, 0.25) is 0 Å². The molecule has 1 aliphatic heterocycles. The Balaban J connectivity index is 2.29. The Kier molecular flexibility index (Phi) is 5.65. The predicted octanol–water partition coefficient (Wildman–Crippen LogP) is 1.29. The Morgan fingerprint density at radius 3 is 2.59 bits per heavy atom. The van der Waals surface area contributed by atoms with E-state index in [4.69, 9.17) is 5.11 Å². The van der Waals surface area contributed by atoms with E-state index in [-0.39, 0.29) is 0 Å². The summed E-state index contributed by atoms with van der Waals surface area (Å²) < 4.78 is 0. The number of likely N-dealkylation sites (tertiary alicyclic amines) is 1. The van der Waals surface area contributed by atoms with Crippen LogP contribution < -0.4 is 0 Å². The normalized spacial score (nSPS) is 19.9. The first-order chi connectivity index (χ1) is 7.97. The van der Waals surface area contributed by atoms with Crippen molar-refractivity contribution in [2.45, 2.75) is 19.8 Å². The molecular weight excluding hydrogens is 216 g/mol. The summed E-state index contributed by atoms with van der Waals surface area (Å²) in [7, 11) is 4.23. The molecule has 0 aromatic rings. The van der Waals surface area contributed by atoms with Crippen molar-refractivity contribution in [2.24, 2.45) is 5.92 Å². The molecule has 1 aliphatic rings. The molecule has 1 fully saturated rings. The zero-order chi connectivity index (χ0) is 12.8. The summed E-state index contributed by atoms with van der Waals surface area (Å²) >= 11 is 0. The molecule has 0 spiro atoms. The number of hydrogen-bond acceptors (Lipinski definition) is 3. The highest BCUT2D eigenvalue weighted by molar-refractivity contribution is 5.80. The van der Waals surface area contributed by atoms with Crippen molar-refractivity contribution in [3.63, 3.8) is 0 Å². The van der Waals surface area contributed by atoms with E-state index < -0.39 is 5.97 Å². The van der Waals surface area contributed by atoms with Gasteiger partial charge in [-0.05, 0) is 52.9 Å². The molecule has 0 radical (unpaired) electrons. The second-order valence-corrected chi connectivity index (χ2v) is 5.27. The summed E-state index contributed by atoms with van der Waals surface area (Å²) in [5, 5.41) is 8.65. The predicted molar refractivity (Wildman–Crippen MR) is 69.1 cm³/mol. The Hall–Kier alpha value is -0.870. The minimum atomic E-state index is -0.852. The zero-order valence-electron chi connectivity index (χ0n) is 11.1. The maximum Gasteiger partial charge on any atom is 0.328 e. The van der Waals surface area contributed by atoms with Crippen molar-refractivity contribution in [1.82, 2.24) is 9.80 Å². The van der Waals surface area contributed by atoms with Gasteiger partial charge in [0.15, 0.2) is 0 Å². The second-order valence-electron chi connectivity index (χ2n) is 5.27. The molecule has 0 saturated carbocycles. The van der Waals surface area contributed by atoms with Crippen LogP contribution in [0.1, 0.15) is 19.8 Å². The summed E-state index contributed by atoms with van der Waals surface area (Å²) in [6, 6.07) is 0. The fourth-order valence-electron chi connectivity index (χ4n) is 2.43. The first-order valence-electron chi connectivity index (χ1n) is 6.24. The largest absolute Gasteiger partial charge is 0.478 e. The minimum Gasteiger partial charge on any atom is -0.478 e. The molecule has 1 heterocycles. The molecule has 1 rings (SSSR count). The van der Waals surface area contributed by atoms with Crippen LogP contribution in [0.4, 0.5) is 0 Å². The fourth-order valence-corrected chi connectivity index (χ4v) is 2.43. The summed E-state index contributed by atoms with van der Waals surface area (Å²) in [4.78, 5) is 15.1. The number of piperidine rings is 1. The first-order valence-corrected chi connectivity index (χ1v) is 6.24. The fraction of sp³-hybridized carbons (Fsp3) is 0.769. The molecule has 1 saturated heterocycles. The molecule has 17 heavy (non-hydrogen) atoms. The molecule has 0 atom stereocenters. The minimum absolute atomic E-state index is 0.749. The second kappa shape index (κ2) is 6.77. The molecule has 0 aliphatic carbocycles. The lowest BCUT2D eigenvalue weighted by Gasteiger charge is -2.31. The number of nitrogens with zero attached hydrogens (tertiary/aromatic N) is 2. The van der Waals surface area contributed by atoms with Crippen LogP contribution in [0.15, 0.2) is 11.6 Å². The summed E-state index contributed by atoms with van der Waals surface area (Å²) in [5.74, 6) is -0.0935.